The van der Waals surface area contributed by atoms with E-state index in [9.17, 15) is 13.2 Å². The molecule has 0 saturated carbocycles. The molecule has 3 aromatic carbocycles. The number of rotatable bonds is 8. The van der Waals surface area contributed by atoms with Crippen LogP contribution in [0, 0.1) is 0 Å². The molecule has 0 aliphatic rings. The van der Waals surface area contributed by atoms with E-state index >= 15 is 0 Å². The van der Waals surface area contributed by atoms with Gasteiger partial charge in [0.05, 0.1) is 11.9 Å². The number of anilines is 2. The smallest absolute Gasteiger partial charge is 0.247 e. The fourth-order valence-corrected chi connectivity index (χ4v) is 4.34. The van der Waals surface area contributed by atoms with Gasteiger partial charge in [0.1, 0.15) is 17.5 Å². The van der Waals surface area contributed by atoms with Crippen molar-refractivity contribution in [3.8, 4) is 11.5 Å². The molecule has 3 rings (SSSR count). The van der Waals surface area contributed by atoms with Crippen molar-refractivity contribution >= 4 is 27.3 Å². The molecule has 0 aliphatic heterocycles. The van der Waals surface area contributed by atoms with E-state index in [1.54, 1.807) is 43.3 Å². The van der Waals surface area contributed by atoms with E-state index in [1.165, 1.54) is 0 Å². The predicted molar refractivity (Wildman–Crippen MR) is 124 cm³/mol. The first kappa shape index (κ1) is 22.4. The van der Waals surface area contributed by atoms with Gasteiger partial charge in [-0.25, -0.2) is 8.42 Å². The molecule has 1 atom stereocenters. The Hall–Kier alpha value is -3.32. The predicted octanol–water partition coefficient (Wildman–Crippen LogP) is 4.83. The van der Waals surface area contributed by atoms with Gasteiger partial charge in [-0.2, -0.15) is 0 Å². The molecule has 0 aromatic heterocycles. The first-order chi connectivity index (χ1) is 14.8. The Kier molecular flexibility index (Phi) is 6.97. The van der Waals surface area contributed by atoms with Gasteiger partial charge in [-0.05, 0) is 67.4 Å². The zero-order valence-corrected chi connectivity index (χ0v) is 18.6. The second-order valence-corrected chi connectivity index (χ2v) is 9.04. The Balaban J connectivity index is 1.72. The lowest BCUT2D eigenvalue weighted by molar-refractivity contribution is -0.116. The van der Waals surface area contributed by atoms with Crippen LogP contribution in [0.15, 0.2) is 78.9 Å². The molecule has 1 N–H and O–H groups in total. The normalized spacial score (nSPS) is 12.1. The van der Waals surface area contributed by atoms with Crippen molar-refractivity contribution in [2.75, 3.05) is 15.9 Å². The zero-order valence-electron chi connectivity index (χ0n) is 17.8. The van der Waals surface area contributed by atoms with Crippen molar-refractivity contribution in [1.82, 2.24) is 0 Å². The molecule has 1 amide bonds. The van der Waals surface area contributed by atoms with Crippen LogP contribution in [0.5, 0.6) is 11.5 Å². The van der Waals surface area contributed by atoms with E-state index in [2.05, 4.69) is 5.32 Å². The minimum atomic E-state index is -3.66. The molecule has 0 fully saturated rings. The first-order valence-electron chi connectivity index (χ1n) is 10.00. The summed E-state index contributed by atoms with van der Waals surface area (Å²) in [5.74, 6) is 0.915. The molecule has 6 nitrogen and oxygen atoms in total. The highest BCUT2D eigenvalue weighted by atomic mass is 32.2. The lowest BCUT2D eigenvalue weighted by Gasteiger charge is -2.28. The van der Waals surface area contributed by atoms with Crippen molar-refractivity contribution in [2.45, 2.75) is 26.3 Å². The molecule has 31 heavy (non-hydrogen) atoms. The Morgan fingerprint density at radius 1 is 0.935 bits per heavy atom. The van der Waals surface area contributed by atoms with Gasteiger partial charge >= 0.3 is 0 Å². The topological polar surface area (TPSA) is 75.7 Å². The van der Waals surface area contributed by atoms with Crippen LogP contribution in [0.2, 0.25) is 0 Å². The third-order valence-corrected chi connectivity index (χ3v) is 6.03. The summed E-state index contributed by atoms with van der Waals surface area (Å²) in [7, 11) is -3.66. The quantitative estimate of drug-likeness (QED) is 0.546. The molecule has 7 heteroatoms. The molecule has 162 valence electrons. The molecule has 0 heterocycles. The molecule has 0 saturated heterocycles. The van der Waals surface area contributed by atoms with Crippen molar-refractivity contribution in [3.63, 3.8) is 0 Å². The summed E-state index contributed by atoms with van der Waals surface area (Å²) in [6.07, 6.45) is 1.94. The SMILES string of the molecule is CCc1ccc(N([C@H](C)C(=O)Nc2ccc(Oc3ccccc3)cc2)S(C)(=O)=O)cc1. The van der Waals surface area contributed by atoms with Crippen LogP contribution >= 0.6 is 0 Å². The van der Waals surface area contributed by atoms with Crippen LogP contribution in [0.4, 0.5) is 11.4 Å². The second-order valence-electron chi connectivity index (χ2n) is 7.18. The van der Waals surface area contributed by atoms with E-state index < -0.39 is 22.0 Å². The summed E-state index contributed by atoms with van der Waals surface area (Å²) in [5.41, 5.74) is 2.09. The number of para-hydroxylation sites is 1. The summed E-state index contributed by atoms with van der Waals surface area (Å²) in [6.45, 7) is 3.59. The second kappa shape index (κ2) is 9.66. The van der Waals surface area contributed by atoms with Crippen LogP contribution in [-0.4, -0.2) is 26.6 Å². The number of hydrogen-bond donors (Lipinski definition) is 1. The number of sulfonamides is 1. The maximum absolute atomic E-state index is 12.8. The third kappa shape index (κ3) is 5.86. The average Bonchev–Trinajstić information content (AvgIpc) is 2.75. The number of nitrogens with zero attached hydrogens (tertiary/aromatic N) is 1. The molecular weight excluding hydrogens is 412 g/mol. The molecule has 0 spiro atoms. The molecular formula is C24H26N2O4S. The maximum Gasteiger partial charge on any atom is 0.247 e. The summed E-state index contributed by atoms with van der Waals surface area (Å²) in [4.78, 5) is 12.8. The fraction of sp³-hybridized carbons (Fsp3) is 0.208. The Morgan fingerprint density at radius 3 is 2.06 bits per heavy atom. The van der Waals surface area contributed by atoms with Gasteiger partial charge < -0.3 is 10.1 Å². The fourth-order valence-electron chi connectivity index (χ4n) is 3.16. The monoisotopic (exact) mass is 438 g/mol. The van der Waals surface area contributed by atoms with Gasteiger partial charge in [0.25, 0.3) is 0 Å². The summed E-state index contributed by atoms with van der Waals surface area (Å²) < 4.78 is 31.7. The summed E-state index contributed by atoms with van der Waals surface area (Å²) in [6, 6.07) is 22.5. The van der Waals surface area contributed by atoms with E-state index in [0.717, 1.165) is 22.5 Å². The standard InChI is InChI=1S/C24H26N2O4S/c1-4-19-10-14-21(15-11-19)26(31(3,28)29)18(2)24(27)25-20-12-16-23(17-13-20)30-22-8-6-5-7-9-22/h5-18H,4H2,1-3H3,(H,25,27)/t18-/m1/s1. The van der Waals surface area contributed by atoms with Gasteiger partial charge in [-0.15, -0.1) is 0 Å². The van der Waals surface area contributed by atoms with E-state index in [4.69, 9.17) is 4.74 Å². The third-order valence-electron chi connectivity index (χ3n) is 4.79. The van der Waals surface area contributed by atoms with Crippen LogP contribution < -0.4 is 14.4 Å². The number of carbonyl (C=O) groups excluding carboxylic acids is 1. The first-order valence-corrected chi connectivity index (χ1v) is 11.8. The average molecular weight is 439 g/mol. The number of nitrogens with one attached hydrogen (secondary N) is 1. The van der Waals surface area contributed by atoms with E-state index in [0.29, 0.717) is 22.9 Å². The van der Waals surface area contributed by atoms with Crippen LogP contribution in [-0.2, 0) is 21.2 Å². The number of carbonyl (C=O) groups is 1. The Labute approximate surface area is 183 Å². The molecule has 0 radical (unpaired) electrons. The zero-order chi connectivity index (χ0) is 22.4. The minimum Gasteiger partial charge on any atom is -0.457 e. The Bertz CT molecular complexity index is 1110. The molecule has 0 aliphatic carbocycles. The van der Waals surface area contributed by atoms with Gasteiger partial charge in [-0.1, -0.05) is 37.3 Å². The van der Waals surface area contributed by atoms with Crippen LogP contribution in [0.3, 0.4) is 0 Å². The van der Waals surface area contributed by atoms with E-state index in [-0.39, 0.29) is 0 Å². The number of benzene rings is 3. The van der Waals surface area contributed by atoms with E-state index in [1.807, 2.05) is 49.4 Å². The van der Waals surface area contributed by atoms with Gasteiger partial charge in [0.2, 0.25) is 15.9 Å². The number of amides is 1. The highest BCUT2D eigenvalue weighted by Crippen LogP contribution is 2.24. The maximum atomic E-state index is 12.8. The van der Waals surface area contributed by atoms with Crippen LogP contribution in [0.25, 0.3) is 0 Å². The molecule has 0 bridgehead atoms. The van der Waals surface area contributed by atoms with Gasteiger partial charge in [0.15, 0.2) is 0 Å². The summed E-state index contributed by atoms with van der Waals surface area (Å²) in [5, 5.41) is 2.78. The summed E-state index contributed by atoms with van der Waals surface area (Å²) >= 11 is 0. The van der Waals surface area contributed by atoms with Crippen molar-refractivity contribution in [1.29, 1.82) is 0 Å². The van der Waals surface area contributed by atoms with Gasteiger partial charge in [-0.3, -0.25) is 9.10 Å². The highest BCUT2D eigenvalue weighted by Gasteiger charge is 2.29. The Morgan fingerprint density at radius 2 is 1.52 bits per heavy atom. The largest absolute Gasteiger partial charge is 0.457 e. The van der Waals surface area contributed by atoms with Crippen molar-refractivity contribution in [3.05, 3.63) is 84.4 Å². The number of hydrogen-bond acceptors (Lipinski definition) is 4. The lowest BCUT2D eigenvalue weighted by Crippen LogP contribution is -2.45. The lowest BCUT2D eigenvalue weighted by atomic mass is 10.1. The molecule has 0 unspecified atom stereocenters. The van der Waals surface area contributed by atoms with Gasteiger partial charge in [0, 0.05) is 5.69 Å². The number of ether oxygens (including phenoxy) is 1. The number of aryl methyl sites for hydroxylation is 1. The molecule has 3 aromatic rings. The minimum absolute atomic E-state index is 0.429. The highest BCUT2D eigenvalue weighted by molar-refractivity contribution is 7.92. The van der Waals surface area contributed by atoms with Crippen LogP contribution in [0.1, 0.15) is 19.4 Å². The van der Waals surface area contributed by atoms with Crippen molar-refractivity contribution in [2.24, 2.45) is 0 Å². The van der Waals surface area contributed by atoms with Crippen molar-refractivity contribution < 1.29 is 17.9 Å².